The maximum atomic E-state index is 12.6. The zero-order chi connectivity index (χ0) is 22.9. The SMILES string of the molecule is CCCCn1c(-c2ccc3c(c2)ncc(=O)n3C2CCCC2)nc2cc(C(=O)OC)ccc21. The Morgan fingerprint density at radius 1 is 1.09 bits per heavy atom. The lowest BCUT2D eigenvalue weighted by atomic mass is 10.1. The van der Waals surface area contributed by atoms with Crippen molar-refractivity contribution in [3.8, 4) is 11.4 Å². The lowest BCUT2D eigenvalue weighted by Gasteiger charge is -2.16. The summed E-state index contributed by atoms with van der Waals surface area (Å²) in [6, 6.07) is 11.8. The summed E-state index contributed by atoms with van der Waals surface area (Å²) in [7, 11) is 1.38. The molecule has 170 valence electrons. The van der Waals surface area contributed by atoms with Crippen molar-refractivity contribution < 1.29 is 9.53 Å². The van der Waals surface area contributed by atoms with Gasteiger partial charge in [0, 0.05) is 18.2 Å². The number of methoxy groups -OCH3 is 1. The van der Waals surface area contributed by atoms with E-state index in [-0.39, 0.29) is 17.6 Å². The molecule has 0 aliphatic heterocycles. The van der Waals surface area contributed by atoms with Gasteiger partial charge in [-0.15, -0.1) is 0 Å². The van der Waals surface area contributed by atoms with Crippen LogP contribution in [0.5, 0.6) is 0 Å². The van der Waals surface area contributed by atoms with E-state index in [4.69, 9.17) is 9.72 Å². The summed E-state index contributed by atoms with van der Waals surface area (Å²) < 4.78 is 8.99. The second-order valence-corrected chi connectivity index (χ2v) is 8.74. The van der Waals surface area contributed by atoms with Crippen LogP contribution >= 0.6 is 0 Å². The number of carbonyl (C=O) groups is 1. The highest BCUT2D eigenvalue weighted by molar-refractivity contribution is 5.94. The van der Waals surface area contributed by atoms with E-state index in [1.54, 1.807) is 12.1 Å². The minimum Gasteiger partial charge on any atom is -0.465 e. The molecule has 0 N–H and O–H groups in total. The fourth-order valence-electron chi connectivity index (χ4n) is 4.95. The van der Waals surface area contributed by atoms with Gasteiger partial charge in [0.2, 0.25) is 0 Å². The number of hydrogen-bond acceptors (Lipinski definition) is 5. The van der Waals surface area contributed by atoms with Crippen LogP contribution in [0.1, 0.15) is 61.8 Å². The average Bonchev–Trinajstić information content (AvgIpc) is 3.49. The maximum absolute atomic E-state index is 12.6. The number of unbranched alkanes of at least 4 members (excludes halogenated alkanes) is 1. The molecule has 7 nitrogen and oxygen atoms in total. The van der Waals surface area contributed by atoms with E-state index in [0.717, 1.165) is 78.5 Å². The molecule has 0 atom stereocenters. The number of aromatic nitrogens is 4. The minimum absolute atomic E-state index is 0.0346. The van der Waals surface area contributed by atoms with Crippen LogP contribution in [0, 0.1) is 0 Å². The van der Waals surface area contributed by atoms with E-state index in [2.05, 4.69) is 16.5 Å². The van der Waals surface area contributed by atoms with Crippen LogP contribution in [-0.2, 0) is 11.3 Å². The van der Waals surface area contributed by atoms with Gasteiger partial charge in [0.15, 0.2) is 0 Å². The molecular formula is C26H28N4O3. The average molecular weight is 445 g/mol. The van der Waals surface area contributed by atoms with E-state index in [1.165, 1.54) is 13.3 Å². The van der Waals surface area contributed by atoms with Crippen molar-refractivity contribution >= 4 is 28.0 Å². The monoisotopic (exact) mass is 444 g/mol. The van der Waals surface area contributed by atoms with Crippen LogP contribution in [0.4, 0.5) is 0 Å². The number of ether oxygens (including phenoxy) is 1. The molecular weight excluding hydrogens is 416 g/mol. The molecule has 0 unspecified atom stereocenters. The molecule has 33 heavy (non-hydrogen) atoms. The number of aryl methyl sites for hydroxylation is 1. The van der Waals surface area contributed by atoms with E-state index in [1.807, 2.05) is 28.8 Å². The summed E-state index contributed by atoms with van der Waals surface area (Å²) in [5.41, 5.74) is 4.80. The van der Waals surface area contributed by atoms with Gasteiger partial charge in [0.05, 0.1) is 40.9 Å². The molecule has 0 radical (unpaired) electrons. The highest BCUT2D eigenvalue weighted by atomic mass is 16.5. The van der Waals surface area contributed by atoms with Gasteiger partial charge in [0.25, 0.3) is 5.56 Å². The summed E-state index contributed by atoms with van der Waals surface area (Å²) >= 11 is 0. The fourth-order valence-corrected chi connectivity index (χ4v) is 4.95. The van der Waals surface area contributed by atoms with Crippen molar-refractivity contribution in [3.63, 3.8) is 0 Å². The van der Waals surface area contributed by atoms with Crippen molar-refractivity contribution in [2.75, 3.05) is 7.11 Å². The molecule has 2 heterocycles. The number of carbonyl (C=O) groups excluding carboxylic acids is 1. The summed E-state index contributed by atoms with van der Waals surface area (Å²) in [4.78, 5) is 34.0. The van der Waals surface area contributed by atoms with Crippen molar-refractivity contribution in [1.82, 2.24) is 19.1 Å². The molecule has 7 heteroatoms. The Morgan fingerprint density at radius 2 is 1.88 bits per heavy atom. The van der Waals surface area contributed by atoms with Crippen molar-refractivity contribution in [2.24, 2.45) is 0 Å². The molecule has 1 fully saturated rings. The number of esters is 1. The van der Waals surface area contributed by atoms with E-state index < -0.39 is 0 Å². The number of imidazole rings is 1. The van der Waals surface area contributed by atoms with Crippen LogP contribution in [0.2, 0.25) is 0 Å². The number of rotatable bonds is 6. The first-order valence-electron chi connectivity index (χ1n) is 11.7. The number of fused-ring (bicyclic) bond motifs is 2. The van der Waals surface area contributed by atoms with Crippen molar-refractivity contribution in [3.05, 3.63) is 58.5 Å². The summed E-state index contributed by atoms with van der Waals surface area (Å²) in [5.74, 6) is 0.462. The lowest BCUT2D eigenvalue weighted by molar-refractivity contribution is 0.0601. The standard InChI is InChI=1S/C26H28N4O3/c1-3-4-13-29-22-11-10-18(26(32)33-2)15-21(22)28-25(29)17-9-12-23-20(14-17)27-16-24(31)30(23)19-7-5-6-8-19/h9-12,14-16,19H,3-8,13H2,1-2H3. The van der Waals surface area contributed by atoms with Crippen molar-refractivity contribution in [2.45, 2.75) is 58.0 Å². The molecule has 0 saturated heterocycles. The smallest absolute Gasteiger partial charge is 0.337 e. The predicted octanol–water partition coefficient (Wildman–Crippen LogP) is 5.12. The predicted molar refractivity (Wildman–Crippen MR) is 128 cm³/mol. The largest absolute Gasteiger partial charge is 0.465 e. The quantitative estimate of drug-likeness (QED) is 0.386. The van der Waals surface area contributed by atoms with Crippen LogP contribution in [0.25, 0.3) is 33.5 Å². The molecule has 0 amide bonds. The molecule has 5 rings (SSSR count). The topological polar surface area (TPSA) is 79.0 Å². The molecule has 2 aromatic carbocycles. The third-order valence-corrected chi connectivity index (χ3v) is 6.64. The van der Waals surface area contributed by atoms with E-state index in [0.29, 0.717) is 5.56 Å². The highest BCUT2D eigenvalue weighted by Crippen LogP contribution is 2.32. The van der Waals surface area contributed by atoms with Gasteiger partial charge >= 0.3 is 5.97 Å². The van der Waals surface area contributed by atoms with Gasteiger partial charge < -0.3 is 13.9 Å². The van der Waals surface area contributed by atoms with Crippen LogP contribution in [0.3, 0.4) is 0 Å². The Kier molecular flexibility index (Phi) is 5.70. The summed E-state index contributed by atoms with van der Waals surface area (Å²) in [5, 5.41) is 0. The molecule has 0 spiro atoms. The number of benzene rings is 2. The Balaban J connectivity index is 1.65. The Morgan fingerprint density at radius 3 is 2.64 bits per heavy atom. The van der Waals surface area contributed by atoms with Crippen LogP contribution in [-0.4, -0.2) is 32.2 Å². The second kappa shape index (κ2) is 8.81. The van der Waals surface area contributed by atoms with Gasteiger partial charge in [-0.2, -0.15) is 0 Å². The Labute approximate surface area is 192 Å². The first-order valence-corrected chi connectivity index (χ1v) is 11.7. The van der Waals surface area contributed by atoms with Gasteiger partial charge in [-0.1, -0.05) is 26.2 Å². The first-order chi connectivity index (χ1) is 16.1. The third-order valence-electron chi connectivity index (χ3n) is 6.64. The summed E-state index contributed by atoms with van der Waals surface area (Å²) in [6.07, 6.45) is 7.91. The molecule has 0 bridgehead atoms. The Bertz CT molecular complexity index is 1400. The van der Waals surface area contributed by atoms with Gasteiger partial charge in [-0.25, -0.2) is 14.8 Å². The first kappa shape index (κ1) is 21.4. The van der Waals surface area contributed by atoms with Gasteiger partial charge in [0.1, 0.15) is 5.82 Å². The molecule has 1 aliphatic carbocycles. The van der Waals surface area contributed by atoms with Crippen molar-refractivity contribution in [1.29, 1.82) is 0 Å². The lowest BCUT2D eigenvalue weighted by Crippen LogP contribution is -2.23. The normalized spacial score (nSPS) is 14.4. The van der Waals surface area contributed by atoms with Crippen LogP contribution < -0.4 is 5.56 Å². The van der Waals surface area contributed by atoms with E-state index in [9.17, 15) is 9.59 Å². The molecule has 1 saturated carbocycles. The highest BCUT2D eigenvalue weighted by Gasteiger charge is 2.21. The molecule has 1 aliphatic rings. The number of hydrogen-bond donors (Lipinski definition) is 0. The van der Waals surface area contributed by atoms with Gasteiger partial charge in [-0.3, -0.25) is 4.79 Å². The number of nitrogens with zero attached hydrogens (tertiary/aromatic N) is 4. The molecule has 2 aromatic heterocycles. The zero-order valence-corrected chi connectivity index (χ0v) is 19.1. The minimum atomic E-state index is -0.374. The second-order valence-electron chi connectivity index (χ2n) is 8.74. The third kappa shape index (κ3) is 3.81. The maximum Gasteiger partial charge on any atom is 0.337 e. The fraction of sp³-hybridized carbons (Fsp3) is 0.385. The molecule has 4 aromatic rings. The summed E-state index contributed by atoms with van der Waals surface area (Å²) in [6.45, 7) is 2.99. The Hall–Kier alpha value is -3.48. The zero-order valence-electron chi connectivity index (χ0n) is 19.1. The van der Waals surface area contributed by atoms with E-state index >= 15 is 0 Å². The van der Waals surface area contributed by atoms with Crippen LogP contribution in [0.15, 0.2) is 47.4 Å². The van der Waals surface area contributed by atoms with Gasteiger partial charge in [-0.05, 0) is 55.7 Å².